The molecule has 0 amide bonds. The summed E-state index contributed by atoms with van der Waals surface area (Å²) in [5, 5.41) is 10.3. The average molecular weight is 276 g/mol. The zero-order valence-electron chi connectivity index (χ0n) is 11.8. The van der Waals surface area contributed by atoms with Gasteiger partial charge >= 0.3 is 5.97 Å². The molecule has 1 aromatic carbocycles. The molecule has 0 aliphatic carbocycles. The average Bonchev–Trinajstić information content (AvgIpc) is 2.73. The van der Waals surface area contributed by atoms with Crippen LogP contribution < -0.4 is 10.5 Å². The third-order valence-electron chi connectivity index (χ3n) is 3.64. The highest BCUT2D eigenvalue weighted by atomic mass is 16.5. The van der Waals surface area contributed by atoms with E-state index in [0.29, 0.717) is 19.4 Å². The molecule has 5 heteroatoms. The molecule has 5 nitrogen and oxygen atoms in total. The number of rotatable bonds is 6. The number of aryl methyl sites for hydroxylation is 1. The molecule has 2 aromatic rings. The zero-order chi connectivity index (χ0) is 14.7. The normalized spacial score (nSPS) is 12.6. The van der Waals surface area contributed by atoms with Crippen molar-refractivity contribution in [3.8, 4) is 5.75 Å². The van der Waals surface area contributed by atoms with Gasteiger partial charge in [0.15, 0.2) is 0 Å². The minimum absolute atomic E-state index is 0.377. The predicted octanol–water partition coefficient (Wildman–Crippen LogP) is 2.08. The topological polar surface area (TPSA) is 88.3 Å². The summed E-state index contributed by atoms with van der Waals surface area (Å²) in [5.41, 5.74) is 8.52. The van der Waals surface area contributed by atoms with Crippen molar-refractivity contribution in [2.24, 2.45) is 11.7 Å². The molecule has 20 heavy (non-hydrogen) atoms. The molecule has 0 saturated carbocycles. The Bertz CT molecular complexity index is 619. The highest BCUT2D eigenvalue weighted by Crippen LogP contribution is 2.28. The van der Waals surface area contributed by atoms with Gasteiger partial charge in [0.1, 0.15) is 5.75 Å². The van der Waals surface area contributed by atoms with Crippen LogP contribution in [0.2, 0.25) is 0 Å². The molecular weight excluding hydrogens is 256 g/mol. The van der Waals surface area contributed by atoms with E-state index in [-0.39, 0.29) is 0 Å². The first kappa shape index (κ1) is 14.4. The number of fused-ring (bicyclic) bond motifs is 1. The highest BCUT2D eigenvalue weighted by Gasteiger charge is 2.20. The van der Waals surface area contributed by atoms with Gasteiger partial charge in [0.2, 0.25) is 0 Å². The molecule has 1 atom stereocenters. The fourth-order valence-corrected chi connectivity index (χ4v) is 2.51. The number of aromatic amines is 1. The predicted molar refractivity (Wildman–Crippen MR) is 78.1 cm³/mol. The van der Waals surface area contributed by atoms with Crippen molar-refractivity contribution in [2.75, 3.05) is 13.7 Å². The van der Waals surface area contributed by atoms with Crippen molar-refractivity contribution in [3.63, 3.8) is 0 Å². The Morgan fingerprint density at radius 1 is 1.50 bits per heavy atom. The van der Waals surface area contributed by atoms with E-state index in [1.807, 2.05) is 25.1 Å². The Balaban J connectivity index is 2.41. The summed E-state index contributed by atoms with van der Waals surface area (Å²) in [6.45, 7) is 2.34. The van der Waals surface area contributed by atoms with Gasteiger partial charge in [-0.05, 0) is 50.1 Å². The van der Waals surface area contributed by atoms with Gasteiger partial charge in [-0.3, -0.25) is 4.79 Å². The first-order valence-corrected chi connectivity index (χ1v) is 6.65. The van der Waals surface area contributed by atoms with Crippen molar-refractivity contribution in [3.05, 3.63) is 29.5 Å². The van der Waals surface area contributed by atoms with E-state index in [9.17, 15) is 9.90 Å². The van der Waals surface area contributed by atoms with Crippen LogP contribution >= 0.6 is 0 Å². The lowest BCUT2D eigenvalue weighted by atomic mass is 9.94. The van der Waals surface area contributed by atoms with Crippen LogP contribution in [0, 0.1) is 12.8 Å². The van der Waals surface area contributed by atoms with Crippen molar-refractivity contribution >= 4 is 16.9 Å². The number of H-pyrrole nitrogens is 1. The number of nitrogens with one attached hydrogen (secondary N) is 1. The Hall–Kier alpha value is -2.01. The van der Waals surface area contributed by atoms with E-state index in [0.717, 1.165) is 27.9 Å². The van der Waals surface area contributed by atoms with E-state index in [2.05, 4.69) is 4.98 Å². The lowest BCUT2D eigenvalue weighted by Gasteiger charge is -2.11. The minimum Gasteiger partial charge on any atom is -0.497 e. The van der Waals surface area contributed by atoms with Crippen LogP contribution in [-0.4, -0.2) is 29.7 Å². The standard InChI is InChI=1S/C15H20N2O3/c1-9-12(7-10(5-6-16)15(18)19)13-8-11(20-2)3-4-14(13)17-9/h3-4,8,10,17H,5-7,16H2,1-2H3,(H,18,19). The number of carboxylic acid groups (broad SMARTS) is 1. The fourth-order valence-electron chi connectivity index (χ4n) is 2.51. The van der Waals surface area contributed by atoms with Gasteiger partial charge < -0.3 is 20.6 Å². The molecule has 0 radical (unpaired) electrons. The number of methoxy groups -OCH3 is 1. The third kappa shape index (κ3) is 2.77. The van der Waals surface area contributed by atoms with Gasteiger partial charge in [0.25, 0.3) is 0 Å². The smallest absolute Gasteiger partial charge is 0.306 e. The number of hydrogen-bond donors (Lipinski definition) is 3. The SMILES string of the molecule is COc1ccc2[nH]c(C)c(CC(CCN)C(=O)O)c2c1. The molecular formula is C15H20N2O3. The largest absolute Gasteiger partial charge is 0.497 e. The number of aliphatic carboxylic acids is 1. The summed E-state index contributed by atoms with van der Waals surface area (Å²) in [6, 6.07) is 5.77. The van der Waals surface area contributed by atoms with Gasteiger partial charge in [-0.1, -0.05) is 0 Å². The summed E-state index contributed by atoms with van der Waals surface area (Å²) in [6.07, 6.45) is 0.955. The van der Waals surface area contributed by atoms with E-state index in [1.54, 1.807) is 7.11 Å². The molecule has 0 saturated heterocycles. The second-order valence-corrected chi connectivity index (χ2v) is 4.96. The van der Waals surface area contributed by atoms with Crippen LogP contribution in [0.5, 0.6) is 5.75 Å². The molecule has 0 bridgehead atoms. The molecule has 1 aromatic heterocycles. The molecule has 2 rings (SSSR count). The summed E-state index contributed by atoms with van der Waals surface area (Å²) in [5.74, 6) is -0.487. The van der Waals surface area contributed by atoms with Gasteiger partial charge in [-0.25, -0.2) is 0 Å². The fraction of sp³-hybridized carbons (Fsp3) is 0.400. The van der Waals surface area contributed by atoms with Gasteiger partial charge in [-0.2, -0.15) is 0 Å². The van der Waals surface area contributed by atoms with Gasteiger partial charge in [-0.15, -0.1) is 0 Å². The molecule has 1 unspecified atom stereocenters. The number of aromatic nitrogens is 1. The number of hydrogen-bond acceptors (Lipinski definition) is 3. The summed E-state index contributed by atoms with van der Waals surface area (Å²) in [7, 11) is 1.62. The van der Waals surface area contributed by atoms with Crippen molar-refractivity contribution < 1.29 is 14.6 Å². The van der Waals surface area contributed by atoms with Crippen LogP contribution in [0.1, 0.15) is 17.7 Å². The lowest BCUT2D eigenvalue weighted by molar-refractivity contribution is -0.141. The number of carbonyl (C=O) groups is 1. The quantitative estimate of drug-likeness (QED) is 0.753. The van der Waals surface area contributed by atoms with Gasteiger partial charge in [0, 0.05) is 16.6 Å². The van der Waals surface area contributed by atoms with E-state index < -0.39 is 11.9 Å². The summed E-state index contributed by atoms with van der Waals surface area (Å²) < 4.78 is 5.24. The Labute approximate surface area is 117 Å². The maximum Gasteiger partial charge on any atom is 0.306 e. The third-order valence-corrected chi connectivity index (χ3v) is 3.64. The minimum atomic E-state index is -0.799. The maximum atomic E-state index is 11.3. The van der Waals surface area contributed by atoms with Crippen molar-refractivity contribution in [1.82, 2.24) is 4.98 Å². The monoisotopic (exact) mass is 276 g/mol. The van der Waals surface area contributed by atoms with Gasteiger partial charge in [0.05, 0.1) is 13.0 Å². The zero-order valence-corrected chi connectivity index (χ0v) is 11.8. The highest BCUT2D eigenvalue weighted by molar-refractivity contribution is 5.86. The first-order chi connectivity index (χ1) is 9.56. The molecule has 0 aliphatic heterocycles. The van der Waals surface area contributed by atoms with E-state index in [1.165, 1.54) is 0 Å². The molecule has 4 N–H and O–H groups in total. The maximum absolute atomic E-state index is 11.3. The number of nitrogens with two attached hydrogens (primary N) is 1. The summed E-state index contributed by atoms with van der Waals surface area (Å²) in [4.78, 5) is 14.6. The second-order valence-electron chi connectivity index (χ2n) is 4.96. The van der Waals surface area contributed by atoms with E-state index >= 15 is 0 Å². The Morgan fingerprint density at radius 3 is 2.85 bits per heavy atom. The van der Waals surface area contributed by atoms with E-state index in [4.69, 9.17) is 10.5 Å². The van der Waals surface area contributed by atoms with Crippen molar-refractivity contribution in [2.45, 2.75) is 19.8 Å². The lowest BCUT2D eigenvalue weighted by Crippen LogP contribution is -2.20. The first-order valence-electron chi connectivity index (χ1n) is 6.65. The molecule has 0 fully saturated rings. The molecule has 0 spiro atoms. The van der Waals surface area contributed by atoms with Crippen molar-refractivity contribution in [1.29, 1.82) is 0 Å². The van der Waals surface area contributed by atoms with Crippen LogP contribution in [0.3, 0.4) is 0 Å². The molecule has 108 valence electrons. The summed E-state index contributed by atoms with van der Waals surface area (Å²) >= 11 is 0. The Morgan fingerprint density at radius 2 is 2.25 bits per heavy atom. The van der Waals surface area contributed by atoms with Crippen LogP contribution in [0.4, 0.5) is 0 Å². The molecule has 0 aliphatic rings. The Kier molecular flexibility index (Phi) is 4.29. The van der Waals surface area contributed by atoms with Crippen LogP contribution in [0.15, 0.2) is 18.2 Å². The van der Waals surface area contributed by atoms with Crippen LogP contribution in [0.25, 0.3) is 10.9 Å². The number of benzene rings is 1. The molecule has 1 heterocycles. The number of carboxylic acids is 1. The number of ether oxygens (including phenoxy) is 1. The van der Waals surface area contributed by atoms with Crippen LogP contribution in [-0.2, 0) is 11.2 Å². The second kappa shape index (κ2) is 5.96.